The number of pyridine rings is 1. The molecule has 0 unspecified atom stereocenters. The Morgan fingerprint density at radius 1 is 1.25 bits per heavy atom. The molecule has 1 aliphatic heterocycles. The smallest absolute Gasteiger partial charge is 0.254 e. The first-order chi connectivity index (χ1) is 13.6. The van der Waals surface area contributed by atoms with Gasteiger partial charge in [0.05, 0.1) is 5.69 Å². The molecule has 0 spiro atoms. The second-order valence-corrected chi connectivity index (χ2v) is 7.60. The fourth-order valence-electron chi connectivity index (χ4n) is 4.02. The maximum Gasteiger partial charge on any atom is 0.254 e. The zero-order chi connectivity index (χ0) is 19.3. The first kappa shape index (κ1) is 17.0. The molecule has 28 heavy (non-hydrogen) atoms. The normalized spacial score (nSPS) is 16.4. The van der Waals surface area contributed by atoms with Crippen molar-refractivity contribution in [1.82, 2.24) is 24.9 Å². The van der Waals surface area contributed by atoms with Crippen LogP contribution in [0, 0.1) is 18.8 Å². The third kappa shape index (κ3) is 2.69. The highest BCUT2D eigenvalue weighted by Gasteiger charge is 2.31. The van der Waals surface area contributed by atoms with Crippen molar-refractivity contribution in [2.24, 2.45) is 5.92 Å². The summed E-state index contributed by atoms with van der Waals surface area (Å²) in [5.74, 6) is 0.175. The van der Waals surface area contributed by atoms with Crippen molar-refractivity contribution in [3.63, 3.8) is 0 Å². The van der Waals surface area contributed by atoms with Crippen LogP contribution in [0.4, 0.5) is 4.39 Å². The fraction of sp³-hybridized carbons (Fsp3) is 0.333. The molecule has 142 valence electrons. The topological polar surface area (TPSA) is 63.9 Å². The molecule has 1 aromatic carbocycles. The van der Waals surface area contributed by atoms with E-state index in [1.54, 1.807) is 12.1 Å². The van der Waals surface area contributed by atoms with Gasteiger partial charge in [0, 0.05) is 30.4 Å². The lowest BCUT2D eigenvalue weighted by Gasteiger charge is -2.29. The molecule has 5 rings (SSSR count). The van der Waals surface area contributed by atoms with Gasteiger partial charge in [0.1, 0.15) is 11.4 Å². The number of rotatable bonds is 4. The molecule has 2 aromatic heterocycles. The predicted molar refractivity (Wildman–Crippen MR) is 101 cm³/mol. The first-order valence-corrected chi connectivity index (χ1v) is 9.57. The Bertz CT molecular complexity index is 1070. The van der Waals surface area contributed by atoms with E-state index in [-0.39, 0.29) is 11.6 Å². The van der Waals surface area contributed by atoms with Gasteiger partial charge in [0.2, 0.25) is 5.95 Å². The van der Waals surface area contributed by atoms with Crippen molar-refractivity contribution in [3.05, 3.63) is 59.3 Å². The quantitative estimate of drug-likeness (QED) is 0.653. The molecule has 2 aliphatic rings. The van der Waals surface area contributed by atoms with E-state index in [4.69, 9.17) is 0 Å². The van der Waals surface area contributed by atoms with Gasteiger partial charge in [-0.05, 0) is 55.5 Å². The third-order valence-electron chi connectivity index (χ3n) is 5.82. The van der Waals surface area contributed by atoms with E-state index in [0.717, 1.165) is 28.9 Å². The van der Waals surface area contributed by atoms with Crippen LogP contribution in [0.15, 0.2) is 36.5 Å². The summed E-state index contributed by atoms with van der Waals surface area (Å²) in [5.41, 5.74) is 4.33. The Kier molecular flexibility index (Phi) is 3.96. The minimum atomic E-state index is -0.590. The largest absolute Gasteiger partial charge is 0.334 e. The van der Waals surface area contributed by atoms with Gasteiger partial charge in [-0.25, -0.2) is 9.67 Å². The number of carbonyl (C=O) groups excluding carboxylic acids is 1. The summed E-state index contributed by atoms with van der Waals surface area (Å²) >= 11 is 0. The van der Waals surface area contributed by atoms with Crippen LogP contribution in [0.5, 0.6) is 0 Å². The molecular formula is C21H20FN5O. The van der Waals surface area contributed by atoms with Crippen LogP contribution in [-0.2, 0) is 6.54 Å². The van der Waals surface area contributed by atoms with Gasteiger partial charge in [-0.2, -0.15) is 4.39 Å². The molecule has 0 bridgehead atoms. The predicted octanol–water partition coefficient (Wildman–Crippen LogP) is 3.53. The molecule has 1 saturated carbocycles. The Morgan fingerprint density at radius 3 is 2.86 bits per heavy atom. The van der Waals surface area contributed by atoms with Crippen molar-refractivity contribution >= 4 is 5.91 Å². The molecule has 0 atom stereocenters. The van der Waals surface area contributed by atoms with E-state index in [1.807, 2.05) is 30.0 Å². The Hall–Kier alpha value is -3.09. The number of nitrogens with zero attached hydrogens (tertiary/aromatic N) is 5. The molecule has 0 N–H and O–H groups in total. The summed E-state index contributed by atoms with van der Waals surface area (Å²) in [6.07, 6.45) is 5.12. The van der Waals surface area contributed by atoms with Crippen LogP contribution in [-0.4, -0.2) is 37.3 Å². The van der Waals surface area contributed by atoms with E-state index in [2.05, 4.69) is 15.3 Å². The van der Waals surface area contributed by atoms with Crippen LogP contribution >= 0.6 is 0 Å². The molecule has 1 fully saturated rings. The Morgan fingerprint density at radius 2 is 2.11 bits per heavy atom. The number of hydrogen-bond acceptors (Lipinski definition) is 4. The molecule has 1 amide bonds. The van der Waals surface area contributed by atoms with E-state index >= 15 is 0 Å². The highest BCUT2D eigenvalue weighted by atomic mass is 19.1. The van der Waals surface area contributed by atoms with E-state index in [9.17, 15) is 9.18 Å². The van der Waals surface area contributed by atoms with Crippen LogP contribution in [0.2, 0.25) is 0 Å². The first-order valence-electron chi connectivity index (χ1n) is 9.57. The van der Waals surface area contributed by atoms with Crippen LogP contribution < -0.4 is 0 Å². The summed E-state index contributed by atoms with van der Waals surface area (Å²) in [4.78, 5) is 18.3. The maximum absolute atomic E-state index is 14.0. The van der Waals surface area contributed by atoms with Crippen LogP contribution in [0.3, 0.4) is 0 Å². The van der Waals surface area contributed by atoms with Gasteiger partial charge in [0.15, 0.2) is 0 Å². The molecule has 0 radical (unpaired) electrons. The Labute approximate surface area is 162 Å². The summed E-state index contributed by atoms with van der Waals surface area (Å²) in [7, 11) is 0. The third-order valence-corrected chi connectivity index (χ3v) is 5.82. The zero-order valence-corrected chi connectivity index (χ0v) is 15.6. The maximum atomic E-state index is 14.0. The number of hydrogen-bond donors (Lipinski definition) is 0. The van der Waals surface area contributed by atoms with E-state index < -0.39 is 5.95 Å². The van der Waals surface area contributed by atoms with Gasteiger partial charge in [-0.3, -0.25) is 4.79 Å². The van der Waals surface area contributed by atoms with Crippen molar-refractivity contribution in [2.75, 3.05) is 6.54 Å². The molecule has 7 heteroatoms. The molecule has 3 aromatic rings. The van der Waals surface area contributed by atoms with Gasteiger partial charge in [-0.15, -0.1) is 5.10 Å². The number of benzene rings is 1. The van der Waals surface area contributed by atoms with Crippen LogP contribution in [0.25, 0.3) is 16.9 Å². The van der Waals surface area contributed by atoms with Gasteiger partial charge < -0.3 is 4.90 Å². The van der Waals surface area contributed by atoms with E-state index in [0.29, 0.717) is 18.2 Å². The second kappa shape index (κ2) is 6.51. The Balaban J connectivity index is 1.46. The highest BCUT2D eigenvalue weighted by molar-refractivity contribution is 5.99. The number of fused-ring (bicyclic) bond motifs is 1. The zero-order valence-electron chi connectivity index (χ0n) is 15.6. The van der Waals surface area contributed by atoms with Gasteiger partial charge >= 0.3 is 0 Å². The fourth-order valence-corrected chi connectivity index (χ4v) is 4.02. The van der Waals surface area contributed by atoms with Crippen LogP contribution in [0.1, 0.15) is 40.9 Å². The average Bonchev–Trinajstić information content (AvgIpc) is 3.18. The number of halogens is 1. The standard InChI is InChI=1S/C21H20FN5O/c1-13-19(24-25-27(13)18-6-3-9-23-20(18)22)15-7-8-17-16(10-15)12-26(21(17)28)11-14-4-2-5-14/h3,6-10,14H,2,4-5,11-12H2,1H3. The summed E-state index contributed by atoms with van der Waals surface area (Å²) in [6.45, 7) is 3.34. The highest BCUT2D eigenvalue weighted by Crippen LogP contribution is 2.33. The lowest BCUT2D eigenvalue weighted by atomic mass is 9.85. The summed E-state index contributed by atoms with van der Waals surface area (Å²) in [5, 5.41) is 8.37. The molecule has 0 saturated heterocycles. The SMILES string of the molecule is Cc1c(-c2ccc3c(c2)CN(CC2CCC2)C3=O)nnn1-c1cccnc1F. The lowest BCUT2D eigenvalue weighted by molar-refractivity contribution is 0.0720. The summed E-state index contributed by atoms with van der Waals surface area (Å²) in [6, 6.07) is 9.06. The van der Waals surface area contributed by atoms with E-state index in [1.165, 1.54) is 30.1 Å². The van der Waals surface area contributed by atoms with Crippen molar-refractivity contribution in [2.45, 2.75) is 32.7 Å². The minimum absolute atomic E-state index is 0.117. The van der Waals surface area contributed by atoms with Crippen molar-refractivity contribution in [1.29, 1.82) is 0 Å². The lowest BCUT2D eigenvalue weighted by Crippen LogP contribution is -2.32. The summed E-state index contributed by atoms with van der Waals surface area (Å²) < 4.78 is 15.5. The average molecular weight is 377 g/mol. The molecule has 6 nitrogen and oxygen atoms in total. The number of carbonyl (C=O) groups is 1. The van der Waals surface area contributed by atoms with Crippen molar-refractivity contribution < 1.29 is 9.18 Å². The monoisotopic (exact) mass is 377 g/mol. The van der Waals surface area contributed by atoms with Gasteiger partial charge in [0.25, 0.3) is 5.91 Å². The molecular weight excluding hydrogens is 357 g/mol. The number of amides is 1. The number of aromatic nitrogens is 4. The van der Waals surface area contributed by atoms with Crippen molar-refractivity contribution in [3.8, 4) is 16.9 Å². The molecule has 3 heterocycles. The minimum Gasteiger partial charge on any atom is -0.334 e. The van der Waals surface area contributed by atoms with Gasteiger partial charge in [-0.1, -0.05) is 17.7 Å². The second-order valence-electron chi connectivity index (χ2n) is 7.60. The molecule has 1 aliphatic carbocycles.